The number of carbonyl (C=O) groups is 1. The molecule has 0 radical (unpaired) electrons. The Hall–Kier alpha value is -1.06. The molecule has 0 aromatic heterocycles. The van der Waals surface area contributed by atoms with Crippen LogP contribution in [-0.2, 0) is 0 Å². The Bertz CT molecular complexity index is 133. The van der Waals surface area contributed by atoms with Gasteiger partial charge in [0.2, 0.25) is 0 Å². The molecular weight excluding hydrogens is 130 g/mol. The smallest absolute Gasteiger partial charge is 0.335 e. The summed E-state index contributed by atoms with van der Waals surface area (Å²) in [5.74, 6) is 0.359. The van der Waals surface area contributed by atoms with E-state index < -0.39 is 6.03 Å². The zero-order valence-electron chi connectivity index (χ0n) is 6.37. The van der Waals surface area contributed by atoms with Crippen molar-refractivity contribution in [3.8, 4) is 0 Å². The van der Waals surface area contributed by atoms with Crippen molar-refractivity contribution >= 4 is 12.7 Å². The number of amides is 2. The Morgan fingerprint density at radius 1 is 1.80 bits per heavy atom. The number of primary amides is 1. The van der Waals surface area contributed by atoms with Gasteiger partial charge in [0, 0.05) is 13.3 Å². The minimum Gasteiger partial charge on any atom is -0.350 e. The normalized spacial score (nSPS) is 9.50. The lowest BCUT2D eigenvalue weighted by Gasteiger charge is -2.15. The molecular formula is C6H13N3O. The van der Waals surface area contributed by atoms with E-state index in [2.05, 4.69) is 11.8 Å². The second-order valence-corrected chi connectivity index (χ2v) is 2.46. The van der Waals surface area contributed by atoms with Crippen LogP contribution in [0.4, 0.5) is 4.79 Å². The zero-order valence-corrected chi connectivity index (χ0v) is 6.37. The maximum absolute atomic E-state index is 10.5. The van der Waals surface area contributed by atoms with Crippen LogP contribution in [0.2, 0.25) is 0 Å². The maximum Gasteiger partial charge on any atom is 0.335 e. The van der Waals surface area contributed by atoms with E-state index in [1.54, 1.807) is 0 Å². The first-order valence-corrected chi connectivity index (χ1v) is 3.11. The lowest BCUT2D eigenvalue weighted by atomic mass is 10.2. The predicted octanol–water partition coefficient (Wildman–Crippen LogP) is 0.639. The third kappa shape index (κ3) is 3.06. The first-order chi connectivity index (χ1) is 4.57. The largest absolute Gasteiger partial charge is 0.350 e. The number of nitrogens with two attached hydrogens (primary N) is 1. The van der Waals surface area contributed by atoms with Crippen LogP contribution in [0.3, 0.4) is 0 Å². The standard InChI is InChI=1S/C6H13N3O/c1-5(2)4-9(8-3)6(7)10/h5H,3-4H2,1-2H3,(H2,7,10). The highest BCUT2D eigenvalue weighted by Gasteiger charge is 2.07. The van der Waals surface area contributed by atoms with Gasteiger partial charge in [-0.05, 0) is 5.92 Å². The van der Waals surface area contributed by atoms with Crippen molar-refractivity contribution in [2.45, 2.75) is 13.8 Å². The monoisotopic (exact) mass is 143 g/mol. The molecule has 0 rings (SSSR count). The minimum atomic E-state index is -0.552. The van der Waals surface area contributed by atoms with Crippen molar-refractivity contribution in [2.75, 3.05) is 6.54 Å². The molecule has 0 fully saturated rings. The van der Waals surface area contributed by atoms with Crippen LogP contribution in [0.15, 0.2) is 5.10 Å². The lowest BCUT2D eigenvalue weighted by molar-refractivity contribution is 0.204. The van der Waals surface area contributed by atoms with Gasteiger partial charge in [-0.3, -0.25) is 0 Å². The molecule has 0 saturated carbocycles. The summed E-state index contributed by atoms with van der Waals surface area (Å²) >= 11 is 0. The highest BCUT2D eigenvalue weighted by molar-refractivity contribution is 5.71. The summed E-state index contributed by atoms with van der Waals surface area (Å²) in [4.78, 5) is 10.5. The van der Waals surface area contributed by atoms with E-state index in [4.69, 9.17) is 5.73 Å². The van der Waals surface area contributed by atoms with Crippen LogP contribution in [0.5, 0.6) is 0 Å². The van der Waals surface area contributed by atoms with Crippen molar-refractivity contribution in [2.24, 2.45) is 16.8 Å². The van der Waals surface area contributed by atoms with Crippen molar-refractivity contribution in [1.29, 1.82) is 0 Å². The number of carbonyl (C=O) groups excluding carboxylic acids is 1. The van der Waals surface area contributed by atoms with Crippen LogP contribution in [0.1, 0.15) is 13.8 Å². The molecule has 0 atom stereocenters. The van der Waals surface area contributed by atoms with E-state index in [1.807, 2.05) is 13.8 Å². The van der Waals surface area contributed by atoms with Crippen LogP contribution in [-0.4, -0.2) is 24.3 Å². The van der Waals surface area contributed by atoms with E-state index in [0.29, 0.717) is 12.5 Å². The molecule has 0 aliphatic rings. The average Bonchev–Trinajstić information content (AvgIpc) is 1.81. The second kappa shape index (κ2) is 3.87. The Kier molecular flexibility index (Phi) is 3.46. The number of hydrazone groups is 1. The summed E-state index contributed by atoms with van der Waals surface area (Å²) in [5, 5.41) is 4.58. The number of nitrogens with zero attached hydrogens (tertiary/aromatic N) is 2. The van der Waals surface area contributed by atoms with E-state index in [1.165, 1.54) is 0 Å². The number of hydrogen-bond acceptors (Lipinski definition) is 2. The summed E-state index contributed by atoms with van der Waals surface area (Å²) in [6.45, 7) is 7.68. The molecule has 0 saturated heterocycles. The molecule has 4 nitrogen and oxygen atoms in total. The van der Waals surface area contributed by atoms with Gasteiger partial charge in [-0.1, -0.05) is 13.8 Å². The van der Waals surface area contributed by atoms with E-state index in [-0.39, 0.29) is 0 Å². The van der Waals surface area contributed by atoms with Gasteiger partial charge in [0.05, 0.1) is 0 Å². The van der Waals surface area contributed by atoms with Gasteiger partial charge in [0.25, 0.3) is 0 Å². The fraction of sp³-hybridized carbons (Fsp3) is 0.667. The number of rotatable bonds is 3. The molecule has 0 spiro atoms. The SMILES string of the molecule is C=NN(CC(C)C)C(N)=O. The average molecular weight is 143 g/mol. The summed E-state index contributed by atoms with van der Waals surface area (Å²) in [5.41, 5.74) is 4.95. The van der Waals surface area contributed by atoms with Gasteiger partial charge in [-0.15, -0.1) is 0 Å². The van der Waals surface area contributed by atoms with Gasteiger partial charge in [0.1, 0.15) is 0 Å². The fourth-order valence-corrected chi connectivity index (χ4v) is 0.563. The molecule has 10 heavy (non-hydrogen) atoms. The first-order valence-electron chi connectivity index (χ1n) is 3.11. The first kappa shape index (κ1) is 8.94. The molecule has 0 aromatic carbocycles. The lowest BCUT2D eigenvalue weighted by Crippen LogP contribution is -2.33. The predicted molar refractivity (Wildman–Crippen MR) is 40.7 cm³/mol. The number of hydrogen-bond donors (Lipinski definition) is 1. The highest BCUT2D eigenvalue weighted by Crippen LogP contribution is 1.97. The van der Waals surface area contributed by atoms with Crippen LogP contribution < -0.4 is 5.73 Å². The van der Waals surface area contributed by atoms with Crippen molar-refractivity contribution in [3.63, 3.8) is 0 Å². The van der Waals surface area contributed by atoms with Gasteiger partial charge < -0.3 is 5.73 Å². The van der Waals surface area contributed by atoms with Crippen LogP contribution in [0.25, 0.3) is 0 Å². The van der Waals surface area contributed by atoms with Gasteiger partial charge in [-0.25, -0.2) is 9.80 Å². The molecule has 2 N–H and O–H groups in total. The van der Waals surface area contributed by atoms with Crippen molar-refractivity contribution < 1.29 is 4.79 Å². The quantitative estimate of drug-likeness (QED) is 0.457. The van der Waals surface area contributed by atoms with Crippen LogP contribution in [0, 0.1) is 5.92 Å². The van der Waals surface area contributed by atoms with Crippen LogP contribution >= 0.6 is 0 Å². The summed E-state index contributed by atoms with van der Waals surface area (Å²) in [7, 11) is 0. The van der Waals surface area contributed by atoms with Crippen molar-refractivity contribution in [3.05, 3.63) is 0 Å². The van der Waals surface area contributed by atoms with Gasteiger partial charge >= 0.3 is 6.03 Å². The third-order valence-electron chi connectivity index (χ3n) is 0.963. The van der Waals surface area contributed by atoms with E-state index >= 15 is 0 Å². The summed E-state index contributed by atoms with van der Waals surface area (Å²) in [6, 6.07) is -0.552. The van der Waals surface area contributed by atoms with E-state index in [9.17, 15) is 4.79 Å². The van der Waals surface area contributed by atoms with Gasteiger partial charge in [0.15, 0.2) is 0 Å². The fourth-order valence-electron chi connectivity index (χ4n) is 0.563. The highest BCUT2D eigenvalue weighted by atomic mass is 16.2. The molecule has 0 unspecified atom stereocenters. The topological polar surface area (TPSA) is 58.7 Å². The summed E-state index contributed by atoms with van der Waals surface area (Å²) in [6.07, 6.45) is 0. The molecule has 58 valence electrons. The third-order valence-corrected chi connectivity index (χ3v) is 0.963. The minimum absolute atomic E-state index is 0.359. The Morgan fingerprint density at radius 2 is 2.30 bits per heavy atom. The molecule has 4 heteroatoms. The Morgan fingerprint density at radius 3 is 2.40 bits per heavy atom. The maximum atomic E-state index is 10.5. The Labute approximate surface area is 60.7 Å². The van der Waals surface area contributed by atoms with E-state index in [0.717, 1.165) is 5.01 Å². The zero-order chi connectivity index (χ0) is 8.15. The van der Waals surface area contributed by atoms with Crippen molar-refractivity contribution in [1.82, 2.24) is 5.01 Å². The molecule has 0 heterocycles. The second-order valence-electron chi connectivity index (χ2n) is 2.46. The molecule has 0 aliphatic carbocycles. The Balaban J connectivity index is 3.83. The number of urea groups is 1. The van der Waals surface area contributed by atoms with Gasteiger partial charge in [-0.2, -0.15) is 5.10 Å². The molecule has 0 aliphatic heterocycles. The summed E-state index contributed by atoms with van der Waals surface area (Å²) < 4.78 is 0. The molecule has 2 amide bonds. The molecule has 0 bridgehead atoms. The molecule has 0 aromatic rings.